The summed E-state index contributed by atoms with van der Waals surface area (Å²) in [6.45, 7) is 9.17. The molecular formula is C32H41F3N3O4PSi. The van der Waals surface area contributed by atoms with Gasteiger partial charge in [0.25, 0.3) is 0 Å². The van der Waals surface area contributed by atoms with Crippen molar-refractivity contribution in [1.82, 2.24) is 14.8 Å². The van der Waals surface area contributed by atoms with E-state index in [1.54, 1.807) is 24.3 Å². The van der Waals surface area contributed by atoms with Crippen molar-refractivity contribution in [3.63, 3.8) is 0 Å². The monoisotopic (exact) mass is 647 g/mol. The third-order valence-corrected chi connectivity index (χ3v) is 8.40. The van der Waals surface area contributed by atoms with Gasteiger partial charge in [-0.05, 0) is 48.7 Å². The summed E-state index contributed by atoms with van der Waals surface area (Å²) < 4.78 is 62.4. The van der Waals surface area contributed by atoms with Crippen LogP contribution in [0.4, 0.5) is 13.2 Å². The summed E-state index contributed by atoms with van der Waals surface area (Å²) in [5.41, 5.74) is -1.12. The average Bonchev–Trinajstić information content (AvgIpc) is 3.47. The van der Waals surface area contributed by atoms with E-state index < -0.39 is 33.9 Å². The van der Waals surface area contributed by atoms with Gasteiger partial charge in [-0.15, -0.1) is 0 Å². The molecule has 0 spiro atoms. The Morgan fingerprint density at radius 1 is 0.818 bits per heavy atom. The SMILES string of the molecule is CCC(CC)CC(O[Si](C)(C)C)(c1ncn(C(c2ccccc2)(c2ccccc2)c2ccccc2)n1)C(F)(F)F.O=[PH](O)O. The van der Waals surface area contributed by atoms with E-state index in [1.807, 2.05) is 105 Å². The van der Waals surface area contributed by atoms with E-state index in [4.69, 9.17) is 23.9 Å². The van der Waals surface area contributed by atoms with Crippen LogP contribution in [0.3, 0.4) is 0 Å². The molecule has 0 aliphatic carbocycles. The zero-order chi connectivity index (χ0) is 32.6. The van der Waals surface area contributed by atoms with E-state index in [-0.39, 0.29) is 18.2 Å². The molecule has 7 nitrogen and oxygen atoms in total. The van der Waals surface area contributed by atoms with Gasteiger partial charge in [0.15, 0.2) is 14.1 Å². The van der Waals surface area contributed by atoms with Crippen molar-refractivity contribution in [2.24, 2.45) is 5.92 Å². The molecule has 0 aliphatic rings. The molecule has 0 saturated carbocycles. The summed E-state index contributed by atoms with van der Waals surface area (Å²) in [6.07, 6.45) is -2.30. The topological polar surface area (TPSA) is 97.5 Å². The fraction of sp³-hybridized carbons (Fsp3) is 0.375. The largest absolute Gasteiger partial charge is 0.423 e. The van der Waals surface area contributed by atoms with Crippen LogP contribution < -0.4 is 0 Å². The van der Waals surface area contributed by atoms with Crippen LogP contribution in [0, 0.1) is 5.92 Å². The van der Waals surface area contributed by atoms with E-state index in [0.29, 0.717) is 12.8 Å². The van der Waals surface area contributed by atoms with Crippen LogP contribution in [0.2, 0.25) is 19.6 Å². The molecule has 44 heavy (non-hydrogen) atoms. The van der Waals surface area contributed by atoms with Crippen LogP contribution >= 0.6 is 8.25 Å². The summed E-state index contributed by atoms with van der Waals surface area (Å²) in [6, 6.07) is 29.2. The maximum Gasteiger partial charge on any atom is 0.423 e. The first-order chi connectivity index (χ1) is 20.7. The molecule has 1 atom stereocenters. The Morgan fingerprint density at radius 3 is 1.52 bits per heavy atom. The number of hydrogen-bond acceptors (Lipinski definition) is 4. The lowest BCUT2D eigenvalue weighted by molar-refractivity contribution is -0.268. The van der Waals surface area contributed by atoms with Gasteiger partial charge in [-0.3, -0.25) is 4.57 Å². The van der Waals surface area contributed by atoms with Gasteiger partial charge in [0.05, 0.1) is 0 Å². The highest BCUT2D eigenvalue weighted by Gasteiger charge is 2.62. The first-order valence-corrected chi connectivity index (χ1v) is 19.2. The number of alkyl halides is 3. The van der Waals surface area contributed by atoms with Crippen LogP contribution in [0.5, 0.6) is 0 Å². The smallest absolute Gasteiger partial charge is 0.398 e. The molecule has 0 aliphatic heterocycles. The summed E-state index contributed by atoms with van der Waals surface area (Å²) in [5.74, 6) is -0.548. The standard InChI is InChI=1S/C32H38F3N3OSi.H3O3P/c1-6-25(7-2)23-30(32(33,34)35,39-40(3,4)5)29-36-24-38(37-29)31(26-17-11-8-12-18-26,27-19-13-9-14-20-27)28-21-15-10-16-22-28;1-4(2)3/h8-22,24-25H,6-7,23H2,1-5H3;4H,(H2,1,2,3). The van der Waals surface area contributed by atoms with E-state index in [0.717, 1.165) is 16.7 Å². The molecule has 0 radical (unpaired) electrons. The van der Waals surface area contributed by atoms with Gasteiger partial charge in [0.2, 0.25) is 5.60 Å². The molecule has 238 valence electrons. The Balaban J connectivity index is 0.00000124. The van der Waals surface area contributed by atoms with Crippen LogP contribution in [-0.4, -0.2) is 39.0 Å². The second-order valence-corrected chi connectivity index (χ2v) is 16.5. The van der Waals surface area contributed by atoms with E-state index >= 15 is 13.2 Å². The predicted molar refractivity (Wildman–Crippen MR) is 169 cm³/mol. The van der Waals surface area contributed by atoms with Gasteiger partial charge in [-0.1, -0.05) is 118 Å². The van der Waals surface area contributed by atoms with Gasteiger partial charge < -0.3 is 14.2 Å². The molecule has 0 fully saturated rings. The molecule has 12 heteroatoms. The normalized spacial score (nSPS) is 13.8. The quantitative estimate of drug-likeness (QED) is 0.0976. The summed E-state index contributed by atoms with van der Waals surface area (Å²) in [5, 5.41) is 4.74. The van der Waals surface area contributed by atoms with E-state index in [2.05, 4.69) is 4.98 Å². The van der Waals surface area contributed by atoms with Crippen molar-refractivity contribution < 1.29 is 31.9 Å². The van der Waals surface area contributed by atoms with Gasteiger partial charge >= 0.3 is 14.4 Å². The lowest BCUT2D eigenvalue weighted by atomic mass is 9.77. The first-order valence-electron chi connectivity index (χ1n) is 14.5. The fourth-order valence-corrected chi connectivity index (χ4v) is 6.87. The first kappa shape index (κ1) is 35.4. The van der Waals surface area contributed by atoms with Crippen LogP contribution in [-0.2, 0) is 20.1 Å². The van der Waals surface area contributed by atoms with E-state index in [9.17, 15) is 0 Å². The molecule has 1 heterocycles. The van der Waals surface area contributed by atoms with Crippen molar-refractivity contribution in [2.75, 3.05) is 0 Å². The molecule has 3 aromatic carbocycles. The number of aromatic nitrogens is 3. The van der Waals surface area contributed by atoms with Crippen molar-refractivity contribution in [3.05, 3.63) is 120 Å². The fourth-order valence-electron chi connectivity index (χ4n) is 5.53. The molecule has 0 saturated heterocycles. The number of halogens is 3. The molecule has 0 bridgehead atoms. The Labute approximate surface area is 258 Å². The summed E-state index contributed by atoms with van der Waals surface area (Å²) >= 11 is 0. The maximum atomic E-state index is 15.3. The van der Waals surface area contributed by atoms with Crippen molar-refractivity contribution in [2.45, 2.75) is 70.1 Å². The minimum atomic E-state index is -4.71. The van der Waals surface area contributed by atoms with Crippen molar-refractivity contribution in [1.29, 1.82) is 0 Å². The predicted octanol–water partition coefficient (Wildman–Crippen LogP) is 7.91. The molecule has 0 amide bonds. The molecular weight excluding hydrogens is 606 g/mol. The highest BCUT2D eigenvalue weighted by Crippen LogP contribution is 2.49. The highest BCUT2D eigenvalue weighted by molar-refractivity contribution is 7.30. The third kappa shape index (κ3) is 7.95. The zero-order valence-corrected chi connectivity index (χ0v) is 27.6. The second-order valence-electron chi connectivity index (χ2n) is 11.5. The lowest BCUT2D eigenvalue weighted by Gasteiger charge is -2.40. The lowest BCUT2D eigenvalue weighted by Crippen LogP contribution is -2.52. The Kier molecular flexibility index (Phi) is 11.9. The second kappa shape index (κ2) is 14.8. The van der Waals surface area contributed by atoms with Crippen LogP contribution in [0.15, 0.2) is 97.3 Å². The van der Waals surface area contributed by atoms with Crippen molar-refractivity contribution >= 4 is 16.6 Å². The summed E-state index contributed by atoms with van der Waals surface area (Å²) in [7, 11) is -5.84. The number of benzene rings is 3. The van der Waals surface area contributed by atoms with Gasteiger partial charge in [-0.25, -0.2) is 9.67 Å². The Morgan fingerprint density at radius 2 is 1.20 bits per heavy atom. The van der Waals surface area contributed by atoms with Crippen LogP contribution in [0.1, 0.15) is 55.6 Å². The third-order valence-electron chi connectivity index (χ3n) is 7.44. The Hall–Kier alpha value is -3.08. The Bertz CT molecular complexity index is 1360. The average molecular weight is 648 g/mol. The highest BCUT2D eigenvalue weighted by atomic mass is 31.1. The molecule has 4 aromatic rings. The van der Waals surface area contributed by atoms with Gasteiger partial charge in [-0.2, -0.15) is 18.3 Å². The zero-order valence-electron chi connectivity index (χ0n) is 25.6. The molecule has 2 N–H and O–H groups in total. The molecule has 1 aromatic heterocycles. The number of hydrogen-bond donors (Lipinski definition) is 2. The van der Waals surface area contributed by atoms with Gasteiger partial charge in [0.1, 0.15) is 11.9 Å². The van der Waals surface area contributed by atoms with Crippen molar-refractivity contribution in [3.8, 4) is 0 Å². The number of nitrogens with zero attached hydrogens (tertiary/aromatic N) is 3. The minimum absolute atomic E-state index is 0.202. The molecule has 1 unspecified atom stereocenters. The number of rotatable bonds is 11. The van der Waals surface area contributed by atoms with Gasteiger partial charge in [0, 0.05) is 0 Å². The van der Waals surface area contributed by atoms with E-state index in [1.165, 1.54) is 6.33 Å². The van der Waals surface area contributed by atoms with Crippen LogP contribution in [0.25, 0.3) is 0 Å². The minimum Gasteiger partial charge on any atom is -0.398 e. The molecule has 4 rings (SSSR count). The maximum absolute atomic E-state index is 15.3. The summed E-state index contributed by atoms with van der Waals surface area (Å²) in [4.78, 5) is 18.7.